The minimum Gasteiger partial charge on any atom is -0.396 e. The lowest BCUT2D eigenvalue weighted by atomic mass is 10.0. The molecular weight excluding hydrogens is 240 g/mol. The molecule has 0 saturated carbocycles. The molecule has 0 saturated heterocycles. The van der Waals surface area contributed by atoms with E-state index in [9.17, 15) is 0 Å². The van der Waals surface area contributed by atoms with Crippen LogP contribution in [0.15, 0.2) is 40.9 Å². The molecule has 1 nitrogen and oxygen atoms in total. The molecule has 2 rings (SSSR count). The van der Waals surface area contributed by atoms with Crippen molar-refractivity contribution in [3.63, 3.8) is 0 Å². The Labute approximate surface area is 91.5 Å². The predicted octanol–water partition coefficient (Wildman–Crippen LogP) is 3.14. The molecule has 0 atom stereocenters. The van der Waals surface area contributed by atoms with Gasteiger partial charge in [0.25, 0.3) is 0 Å². The Morgan fingerprint density at radius 1 is 1.07 bits per heavy atom. The summed E-state index contributed by atoms with van der Waals surface area (Å²) in [6, 6.07) is 12.3. The zero-order valence-corrected chi connectivity index (χ0v) is 9.29. The number of fused-ring (bicyclic) bond motifs is 1. The number of halogens is 1. The highest BCUT2D eigenvalue weighted by Crippen LogP contribution is 2.26. The van der Waals surface area contributed by atoms with E-state index in [1.165, 1.54) is 16.3 Å². The lowest BCUT2D eigenvalue weighted by molar-refractivity contribution is 0.300. The van der Waals surface area contributed by atoms with E-state index in [0.717, 1.165) is 4.47 Å². The second-order valence-corrected chi connectivity index (χ2v) is 4.08. The van der Waals surface area contributed by atoms with E-state index in [-0.39, 0.29) is 6.61 Å². The smallest absolute Gasteiger partial charge is 0.0472 e. The SMILES string of the molecule is OCCc1c(Br)ccc2ccccc12. The van der Waals surface area contributed by atoms with E-state index in [1.807, 2.05) is 18.2 Å². The Kier molecular flexibility index (Phi) is 2.85. The number of hydrogen-bond acceptors (Lipinski definition) is 1. The summed E-state index contributed by atoms with van der Waals surface area (Å²) < 4.78 is 1.07. The Morgan fingerprint density at radius 2 is 1.86 bits per heavy atom. The third kappa shape index (κ3) is 1.68. The topological polar surface area (TPSA) is 20.2 Å². The molecule has 0 amide bonds. The van der Waals surface area contributed by atoms with Crippen LogP contribution in [0.3, 0.4) is 0 Å². The second kappa shape index (κ2) is 4.11. The van der Waals surface area contributed by atoms with Gasteiger partial charge in [0.1, 0.15) is 0 Å². The lowest BCUT2D eigenvalue weighted by Crippen LogP contribution is -1.93. The van der Waals surface area contributed by atoms with Gasteiger partial charge in [0, 0.05) is 11.1 Å². The highest BCUT2D eigenvalue weighted by molar-refractivity contribution is 9.10. The molecule has 0 fully saturated rings. The standard InChI is InChI=1S/C12H11BrO/c13-12-6-5-9-3-1-2-4-10(9)11(12)7-8-14/h1-6,14H,7-8H2. The summed E-state index contributed by atoms with van der Waals surface area (Å²) in [5.74, 6) is 0. The van der Waals surface area contributed by atoms with Gasteiger partial charge in [0.2, 0.25) is 0 Å². The number of aliphatic hydroxyl groups excluding tert-OH is 1. The molecular formula is C12H11BrO. The van der Waals surface area contributed by atoms with Gasteiger partial charge >= 0.3 is 0 Å². The number of benzene rings is 2. The van der Waals surface area contributed by atoms with Crippen LogP contribution >= 0.6 is 15.9 Å². The molecule has 2 heteroatoms. The summed E-state index contributed by atoms with van der Waals surface area (Å²) in [5, 5.41) is 11.4. The van der Waals surface area contributed by atoms with E-state index in [0.29, 0.717) is 6.42 Å². The Bertz CT molecular complexity index is 451. The van der Waals surface area contributed by atoms with Crippen molar-refractivity contribution in [3.8, 4) is 0 Å². The van der Waals surface area contributed by atoms with Crippen molar-refractivity contribution in [2.24, 2.45) is 0 Å². The fourth-order valence-electron chi connectivity index (χ4n) is 1.68. The van der Waals surface area contributed by atoms with Crippen LogP contribution in [0.25, 0.3) is 10.8 Å². The van der Waals surface area contributed by atoms with E-state index in [1.54, 1.807) is 0 Å². The highest BCUT2D eigenvalue weighted by atomic mass is 79.9. The summed E-state index contributed by atoms with van der Waals surface area (Å²) in [4.78, 5) is 0. The average molecular weight is 251 g/mol. The largest absolute Gasteiger partial charge is 0.396 e. The molecule has 0 aliphatic heterocycles. The van der Waals surface area contributed by atoms with Gasteiger partial charge in [-0.3, -0.25) is 0 Å². The first kappa shape index (κ1) is 9.69. The first-order chi connectivity index (χ1) is 6.83. The number of hydrogen-bond donors (Lipinski definition) is 1. The van der Waals surface area contributed by atoms with Gasteiger partial charge in [-0.05, 0) is 28.8 Å². The summed E-state index contributed by atoms with van der Waals surface area (Å²) in [6.45, 7) is 0.187. The fourth-order valence-corrected chi connectivity index (χ4v) is 2.22. The predicted molar refractivity (Wildman–Crippen MR) is 62.4 cm³/mol. The normalized spacial score (nSPS) is 10.7. The zero-order valence-electron chi connectivity index (χ0n) is 7.70. The lowest BCUT2D eigenvalue weighted by Gasteiger charge is -2.07. The molecule has 0 heterocycles. The number of aliphatic hydroxyl groups is 1. The summed E-state index contributed by atoms with van der Waals surface area (Å²) in [7, 11) is 0. The van der Waals surface area contributed by atoms with Crippen LogP contribution in [0, 0.1) is 0 Å². The van der Waals surface area contributed by atoms with Gasteiger partial charge in [-0.25, -0.2) is 0 Å². The fraction of sp³-hybridized carbons (Fsp3) is 0.167. The van der Waals surface area contributed by atoms with Crippen molar-refractivity contribution in [2.75, 3.05) is 6.61 Å². The van der Waals surface area contributed by atoms with Crippen molar-refractivity contribution in [1.29, 1.82) is 0 Å². The minimum atomic E-state index is 0.187. The van der Waals surface area contributed by atoms with Crippen molar-refractivity contribution >= 4 is 26.7 Å². The molecule has 14 heavy (non-hydrogen) atoms. The maximum atomic E-state index is 8.98. The molecule has 0 radical (unpaired) electrons. The maximum absolute atomic E-state index is 8.98. The third-order valence-electron chi connectivity index (χ3n) is 2.35. The van der Waals surface area contributed by atoms with Crippen molar-refractivity contribution < 1.29 is 5.11 Å². The molecule has 0 aromatic heterocycles. The maximum Gasteiger partial charge on any atom is 0.0472 e. The molecule has 2 aromatic carbocycles. The van der Waals surface area contributed by atoms with Gasteiger partial charge in [0.15, 0.2) is 0 Å². The average Bonchev–Trinajstić information content (AvgIpc) is 2.23. The zero-order chi connectivity index (χ0) is 9.97. The molecule has 0 aliphatic carbocycles. The van der Waals surface area contributed by atoms with Gasteiger partial charge in [-0.15, -0.1) is 0 Å². The van der Waals surface area contributed by atoms with Gasteiger partial charge in [-0.2, -0.15) is 0 Å². The van der Waals surface area contributed by atoms with E-state index in [4.69, 9.17) is 5.11 Å². The monoisotopic (exact) mass is 250 g/mol. The van der Waals surface area contributed by atoms with Crippen LogP contribution in [-0.4, -0.2) is 11.7 Å². The molecule has 1 N–H and O–H groups in total. The third-order valence-corrected chi connectivity index (χ3v) is 3.09. The highest BCUT2D eigenvalue weighted by Gasteiger charge is 2.03. The van der Waals surface area contributed by atoms with Crippen LogP contribution in [0.5, 0.6) is 0 Å². The molecule has 72 valence electrons. The molecule has 0 unspecified atom stereocenters. The molecule has 0 bridgehead atoms. The van der Waals surface area contributed by atoms with Crippen molar-refractivity contribution in [3.05, 3.63) is 46.4 Å². The second-order valence-electron chi connectivity index (χ2n) is 3.22. The van der Waals surface area contributed by atoms with Crippen molar-refractivity contribution in [1.82, 2.24) is 0 Å². The van der Waals surface area contributed by atoms with Crippen LogP contribution in [0.2, 0.25) is 0 Å². The molecule has 0 aliphatic rings. The van der Waals surface area contributed by atoms with Gasteiger partial charge < -0.3 is 5.11 Å². The van der Waals surface area contributed by atoms with E-state index >= 15 is 0 Å². The van der Waals surface area contributed by atoms with Gasteiger partial charge in [-0.1, -0.05) is 46.3 Å². The Hall–Kier alpha value is -0.860. The first-order valence-electron chi connectivity index (χ1n) is 4.60. The van der Waals surface area contributed by atoms with E-state index in [2.05, 4.69) is 34.1 Å². The Morgan fingerprint density at radius 3 is 2.64 bits per heavy atom. The summed E-state index contributed by atoms with van der Waals surface area (Å²) in [6.07, 6.45) is 0.696. The van der Waals surface area contributed by atoms with Gasteiger partial charge in [0.05, 0.1) is 0 Å². The van der Waals surface area contributed by atoms with E-state index < -0.39 is 0 Å². The van der Waals surface area contributed by atoms with Crippen LogP contribution in [0.1, 0.15) is 5.56 Å². The summed E-state index contributed by atoms with van der Waals surface area (Å²) in [5.41, 5.74) is 1.19. The molecule has 2 aromatic rings. The number of rotatable bonds is 2. The van der Waals surface area contributed by atoms with Crippen LogP contribution < -0.4 is 0 Å². The quantitative estimate of drug-likeness (QED) is 0.869. The van der Waals surface area contributed by atoms with Crippen LogP contribution in [-0.2, 0) is 6.42 Å². The minimum absolute atomic E-state index is 0.187. The first-order valence-corrected chi connectivity index (χ1v) is 5.39. The Balaban J connectivity index is 2.69. The van der Waals surface area contributed by atoms with Crippen molar-refractivity contribution in [2.45, 2.75) is 6.42 Å². The molecule has 0 spiro atoms. The summed E-state index contributed by atoms with van der Waals surface area (Å²) >= 11 is 3.51. The van der Waals surface area contributed by atoms with Crippen LogP contribution in [0.4, 0.5) is 0 Å².